The molecule has 0 heterocycles. The molecule has 0 aliphatic heterocycles. The zero-order valence-electron chi connectivity index (χ0n) is 11.1. The van der Waals surface area contributed by atoms with Gasteiger partial charge in [-0.05, 0) is 24.3 Å². The van der Waals surface area contributed by atoms with Crippen molar-refractivity contribution in [3.63, 3.8) is 0 Å². The molecule has 0 saturated heterocycles. The van der Waals surface area contributed by atoms with Crippen LogP contribution >= 0.6 is 0 Å². The highest BCUT2D eigenvalue weighted by Gasteiger charge is 2.16. The Balaban J connectivity index is 2.27. The lowest BCUT2D eigenvalue weighted by Crippen LogP contribution is -2.09. The zero-order chi connectivity index (χ0) is 16.1. The van der Waals surface area contributed by atoms with Gasteiger partial charge in [0.1, 0.15) is 5.75 Å². The van der Waals surface area contributed by atoms with Crippen molar-refractivity contribution in [2.24, 2.45) is 0 Å². The molecule has 0 bridgehead atoms. The summed E-state index contributed by atoms with van der Waals surface area (Å²) in [5.41, 5.74) is -0.0739. The molecule has 2 aromatic carbocycles. The summed E-state index contributed by atoms with van der Waals surface area (Å²) in [5, 5.41) is 10.9. The number of carbonyl (C=O) groups is 1. The predicted molar refractivity (Wildman–Crippen MR) is 77.1 cm³/mol. The second kappa shape index (κ2) is 6.92. The van der Waals surface area contributed by atoms with Gasteiger partial charge >= 0.3 is 5.97 Å². The number of nitrogens with zero attached hydrogens (tertiary/aromatic N) is 1. The molecule has 0 N–H and O–H groups in total. The van der Waals surface area contributed by atoms with E-state index in [2.05, 4.69) is 0 Å². The van der Waals surface area contributed by atoms with Crippen molar-refractivity contribution < 1.29 is 23.2 Å². The summed E-state index contributed by atoms with van der Waals surface area (Å²) >= 11 is -2.50. The number of hydrogen-bond donors (Lipinski definition) is 0. The number of ether oxygens (including phenoxy) is 1. The highest BCUT2D eigenvalue weighted by atomic mass is 32.2. The van der Waals surface area contributed by atoms with Crippen molar-refractivity contribution in [1.82, 2.24) is 0 Å². The van der Waals surface area contributed by atoms with Gasteiger partial charge < -0.3 is 9.29 Å². The minimum atomic E-state index is -2.50. The largest absolute Gasteiger partial charge is 0.772 e. The van der Waals surface area contributed by atoms with Gasteiger partial charge in [-0.1, -0.05) is 29.3 Å². The maximum Gasteiger partial charge on any atom is 0.343 e. The Labute approximate surface area is 128 Å². The van der Waals surface area contributed by atoms with Gasteiger partial charge in [-0.2, -0.15) is 0 Å². The zero-order valence-corrected chi connectivity index (χ0v) is 11.9. The summed E-state index contributed by atoms with van der Waals surface area (Å²) in [6, 6.07) is 11.7. The van der Waals surface area contributed by atoms with E-state index in [0.29, 0.717) is 5.56 Å². The Hall–Kier alpha value is -2.58. The van der Waals surface area contributed by atoms with Crippen LogP contribution in [0.25, 0.3) is 0 Å². The molecule has 2 rings (SSSR count). The van der Waals surface area contributed by atoms with Crippen molar-refractivity contribution in [1.29, 1.82) is 0 Å². The van der Waals surface area contributed by atoms with Crippen LogP contribution in [0.1, 0.15) is 15.9 Å². The lowest BCUT2D eigenvalue weighted by Gasteiger charge is -2.09. The van der Waals surface area contributed by atoms with E-state index in [4.69, 9.17) is 4.74 Å². The van der Waals surface area contributed by atoms with Gasteiger partial charge in [0.2, 0.25) is 0 Å². The minimum Gasteiger partial charge on any atom is -0.772 e. The van der Waals surface area contributed by atoms with Crippen LogP contribution in [0.3, 0.4) is 0 Å². The Morgan fingerprint density at radius 1 is 1.18 bits per heavy atom. The smallest absolute Gasteiger partial charge is 0.343 e. The van der Waals surface area contributed by atoms with E-state index in [1.807, 2.05) is 0 Å². The number of hydrogen-bond acceptors (Lipinski definition) is 6. The fraction of sp³-hybridized carbons (Fsp3) is 0.0714. The third-order valence-electron chi connectivity index (χ3n) is 2.74. The molecule has 1 unspecified atom stereocenters. The number of nitro groups is 1. The summed E-state index contributed by atoms with van der Waals surface area (Å²) in [6.45, 7) is 0. The molecule has 7 nitrogen and oxygen atoms in total. The molecule has 0 aliphatic carbocycles. The maximum absolute atomic E-state index is 11.9. The van der Waals surface area contributed by atoms with Crippen LogP contribution < -0.4 is 4.74 Å². The first-order valence-electron chi connectivity index (χ1n) is 6.08. The molecule has 0 aliphatic rings. The average Bonchev–Trinajstić information content (AvgIpc) is 2.47. The molecular formula is C14H10NO6S-. The van der Waals surface area contributed by atoms with Gasteiger partial charge in [-0.25, -0.2) is 4.79 Å². The number of esters is 1. The van der Waals surface area contributed by atoms with Gasteiger partial charge in [0, 0.05) is 17.4 Å². The fourth-order valence-corrected chi connectivity index (χ4v) is 2.27. The van der Waals surface area contributed by atoms with Gasteiger partial charge in [0.15, 0.2) is 0 Å². The van der Waals surface area contributed by atoms with Crippen molar-refractivity contribution in [3.05, 3.63) is 69.8 Å². The maximum atomic E-state index is 11.9. The third kappa shape index (κ3) is 3.96. The summed E-state index contributed by atoms with van der Waals surface area (Å²) in [5.74, 6) is -1.13. The normalized spacial score (nSPS) is 11.7. The topological polar surface area (TPSA) is 110 Å². The van der Waals surface area contributed by atoms with Crippen molar-refractivity contribution in [2.75, 3.05) is 0 Å². The molecule has 114 valence electrons. The quantitative estimate of drug-likeness (QED) is 0.274. The van der Waals surface area contributed by atoms with Gasteiger partial charge in [0.05, 0.1) is 10.5 Å². The molecule has 0 aromatic heterocycles. The molecule has 0 saturated carbocycles. The highest BCUT2D eigenvalue weighted by molar-refractivity contribution is 7.78. The first-order chi connectivity index (χ1) is 10.5. The first-order valence-corrected chi connectivity index (χ1v) is 7.32. The van der Waals surface area contributed by atoms with E-state index in [-0.39, 0.29) is 17.0 Å². The van der Waals surface area contributed by atoms with Crippen LogP contribution in [0.15, 0.2) is 48.5 Å². The summed E-state index contributed by atoms with van der Waals surface area (Å²) in [7, 11) is 0. The number of carbonyl (C=O) groups excluding carboxylic acids is 1. The summed E-state index contributed by atoms with van der Waals surface area (Å²) in [6.07, 6.45) is 0. The van der Waals surface area contributed by atoms with Crippen molar-refractivity contribution in [3.8, 4) is 5.75 Å². The number of rotatable bonds is 5. The number of nitro benzene ring substituents is 1. The monoisotopic (exact) mass is 320 g/mol. The summed E-state index contributed by atoms with van der Waals surface area (Å²) in [4.78, 5) is 22.1. The molecular weight excluding hydrogens is 310 g/mol. The molecule has 22 heavy (non-hydrogen) atoms. The average molecular weight is 320 g/mol. The van der Waals surface area contributed by atoms with E-state index in [1.54, 1.807) is 30.3 Å². The second-order valence-corrected chi connectivity index (χ2v) is 5.15. The van der Waals surface area contributed by atoms with Gasteiger partial charge in [0.25, 0.3) is 5.69 Å². The lowest BCUT2D eigenvalue weighted by molar-refractivity contribution is -0.385. The minimum absolute atomic E-state index is 0.0416. The molecule has 1 atom stereocenters. The Kier molecular flexibility index (Phi) is 4.97. The van der Waals surface area contributed by atoms with Crippen molar-refractivity contribution in [2.45, 2.75) is 5.75 Å². The lowest BCUT2D eigenvalue weighted by atomic mass is 10.2. The van der Waals surface area contributed by atoms with Crippen LogP contribution in [0, 0.1) is 10.1 Å². The second-order valence-electron chi connectivity index (χ2n) is 4.25. The summed E-state index contributed by atoms with van der Waals surface area (Å²) < 4.78 is 26.6. The van der Waals surface area contributed by atoms with Gasteiger partial charge in [-0.15, -0.1) is 0 Å². The Bertz CT molecular complexity index is 731. The third-order valence-corrected chi connectivity index (χ3v) is 3.29. The standard InChI is InChI=1S/C14H11NO6S/c16-14(10-4-2-1-3-5-10)21-12-6-7-13(15(17)18)11(8-12)9-22(19)20/h1-8H,9H2,(H,19,20)/p-1. The van der Waals surface area contributed by atoms with E-state index >= 15 is 0 Å². The molecule has 0 radical (unpaired) electrons. The molecule has 8 heteroatoms. The SMILES string of the molecule is O=C(Oc1ccc([N+](=O)[O-])c(CS(=O)[O-])c1)c1ccccc1. The van der Waals surface area contributed by atoms with E-state index in [1.165, 1.54) is 12.1 Å². The van der Waals surface area contributed by atoms with Crippen LogP contribution in [0.2, 0.25) is 0 Å². The van der Waals surface area contributed by atoms with E-state index < -0.39 is 27.7 Å². The van der Waals surface area contributed by atoms with Crippen LogP contribution in [-0.2, 0) is 16.8 Å². The highest BCUT2D eigenvalue weighted by Crippen LogP contribution is 2.25. The van der Waals surface area contributed by atoms with E-state index in [9.17, 15) is 23.7 Å². The molecule has 0 spiro atoms. The Morgan fingerprint density at radius 2 is 1.86 bits per heavy atom. The van der Waals surface area contributed by atoms with Crippen LogP contribution in [-0.4, -0.2) is 19.7 Å². The fourth-order valence-electron chi connectivity index (χ4n) is 1.79. The predicted octanol–water partition coefficient (Wildman–Crippen LogP) is 2.19. The van der Waals surface area contributed by atoms with Crippen molar-refractivity contribution >= 4 is 22.7 Å². The number of benzene rings is 2. The van der Waals surface area contributed by atoms with Gasteiger partial charge in [-0.3, -0.25) is 14.3 Å². The molecule has 2 aromatic rings. The van der Waals surface area contributed by atoms with E-state index in [0.717, 1.165) is 6.07 Å². The van der Waals surface area contributed by atoms with Crippen LogP contribution in [0.4, 0.5) is 5.69 Å². The first kappa shape index (κ1) is 15.8. The Morgan fingerprint density at radius 3 is 2.45 bits per heavy atom. The molecule has 0 amide bonds. The van der Waals surface area contributed by atoms with Crippen LogP contribution in [0.5, 0.6) is 5.75 Å². The molecule has 0 fully saturated rings.